The second-order valence-electron chi connectivity index (χ2n) is 6.07. The lowest BCUT2D eigenvalue weighted by molar-refractivity contribution is -0.115. The molecule has 4 aromatic rings. The molecule has 2 aromatic heterocycles. The second kappa shape index (κ2) is 6.43. The average Bonchev–Trinajstić information content (AvgIpc) is 3.26. The largest absolute Gasteiger partial charge is 0.463 e. The summed E-state index contributed by atoms with van der Waals surface area (Å²) in [7, 11) is 0. The normalized spacial score (nSPS) is 15.6. The third-order valence-corrected chi connectivity index (χ3v) is 6.16. The number of amides is 2. The van der Waals surface area contributed by atoms with Gasteiger partial charge in [-0.05, 0) is 48.2 Å². The lowest BCUT2D eigenvalue weighted by atomic mass is 10.1. The Morgan fingerprint density at radius 1 is 1.07 bits per heavy atom. The molecule has 6 nitrogen and oxygen atoms in total. The number of carbonyl (C=O) groups excluding carboxylic acids is 2. The fraction of sp³-hybridized carbons (Fsp3) is 0. The van der Waals surface area contributed by atoms with Crippen molar-refractivity contribution >= 4 is 61.5 Å². The SMILES string of the molecule is O=C1NC(=O)C(=Cc2coc3ccc(-c4nc5ccccc5s4)cc3c2=O)S1. The molecular weight excluding hydrogens is 396 g/mol. The van der Waals surface area contributed by atoms with Crippen molar-refractivity contribution in [3.8, 4) is 10.6 Å². The van der Waals surface area contributed by atoms with Crippen LogP contribution in [0.3, 0.4) is 0 Å². The number of rotatable bonds is 2. The monoisotopic (exact) mass is 406 g/mol. The molecule has 0 bridgehead atoms. The number of hydrogen-bond acceptors (Lipinski definition) is 7. The first kappa shape index (κ1) is 16.9. The van der Waals surface area contributed by atoms with Gasteiger partial charge in [0.15, 0.2) is 5.43 Å². The summed E-state index contributed by atoms with van der Waals surface area (Å²) in [6.45, 7) is 0. The molecule has 3 heterocycles. The first-order valence-electron chi connectivity index (χ1n) is 8.25. The smallest absolute Gasteiger partial charge is 0.290 e. The van der Waals surface area contributed by atoms with E-state index in [4.69, 9.17) is 4.42 Å². The van der Waals surface area contributed by atoms with Crippen LogP contribution >= 0.6 is 23.1 Å². The predicted molar refractivity (Wildman–Crippen MR) is 110 cm³/mol. The number of nitrogens with one attached hydrogen (secondary N) is 1. The molecule has 0 radical (unpaired) electrons. The molecule has 0 spiro atoms. The summed E-state index contributed by atoms with van der Waals surface area (Å²) in [6, 6.07) is 13.2. The van der Waals surface area contributed by atoms with Crippen molar-refractivity contribution in [1.82, 2.24) is 10.3 Å². The predicted octanol–water partition coefficient (Wildman–Crippen LogP) is 4.39. The van der Waals surface area contributed by atoms with Crippen molar-refractivity contribution in [1.29, 1.82) is 0 Å². The van der Waals surface area contributed by atoms with Crippen molar-refractivity contribution in [3.63, 3.8) is 0 Å². The van der Waals surface area contributed by atoms with Gasteiger partial charge >= 0.3 is 0 Å². The van der Waals surface area contributed by atoms with Gasteiger partial charge in [0, 0.05) is 5.56 Å². The van der Waals surface area contributed by atoms with Crippen LogP contribution in [0.2, 0.25) is 0 Å². The molecule has 0 unspecified atom stereocenters. The zero-order chi connectivity index (χ0) is 19.3. The maximum absolute atomic E-state index is 12.9. The molecule has 0 aliphatic carbocycles. The molecule has 28 heavy (non-hydrogen) atoms. The summed E-state index contributed by atoms with van der Waals surface area (Å²) in [5.74, 6) is -0.516. The highest BCUT2D eigenvalue weighted by Crippen LogP contribution is 2.31. The van der Waals surface area contributed by atoms with E-state index >= 15 is 0 Å². The highest BCUT2D eigenvalue weighted by Gasteiger charge is 2.25. The van der Waals surface area contributed by atoms with E-state index in [-0.39, 0.29) is 15.9 Å². The first-order chi connectivity index (χ1) is 13.6. The number of aromatic nitrogens is 1. The number of thioether (sulfide) groups is 1. The van der Waals surface area contributed by atoms with E-state index in [1.54, 1.807) is 23.5 Å². The van der Waals surface area contributed by atoms with E-state index in [9.17, 15) is 14.4 Å². The summed E-state index contributed by atoms with van der Waals surface area (Å²) in [6.07, 6.45) is 2.67. The molecule has 1 saturated heterocycles. The Hall–Kier alpha value is -3.23. The topological polar surface area (TPSA) is 89.3 Å². The van der Waals surface area contributed by atoms with Crippen molar-refractivity contribution in [3.05, 3.63) is 69.4 Å². The van der Waals surface area contributed by atoms with Crippen LogP contribution in [0.25, 0.3) is 37.8 Å². The van der Waals surface area contributed by atoms with Gasteiger partial charge in [-0.3, -0.25) is 19.7 Å². The molecule has 1 aliphatic heterocycles. The van der Waals surface area contributed by atoms with E-state index in [0.29, 0.717) is 11.0 Å². The fourth-order valence-electron chi connectivity index (χ4n) is 2.94. The molecule has 1 fully saturated rings. The summed E-state index contributed by atoms with van der Waals surface area (Å²) >= 11 is 2.30. The number of imide groups is 1. The van der Waals surface area contributed by atoms with Crippen LogP contribution < -0.4 is 10.7 Å². The summed E-state index contributed by atoms with van der Waals surface area (Å²) in [5.41, 5.74) is 2.10. The minimum atomic E-state index is -0.516. The van der Waals surface area contributed by atoms with Gasteiger partial charge in [-0.2, -0.15) is 0 Å². The molecule has 8 heteroatoms. The van der Waals surface area contributed by atoms with Gasteiger partial charge in [-0.25, -0.2) is 4.98 Å². The highest BCUT2D eigenvalue weighted by molar-refractivity contribution is 8.18. The Kier molecular flexibility index (Phi) is 3.88. The quantitative estimate of drug-likeness (QED) is 0.497. The average molecular weight is 406 g/mol. The molecule has 136 valence electrons. The van der Waals surface area contributed by atoms with Gasteiger partial charge in [0.2, 0.25) is 0 Å². The zero-order valence-electron chi connectivity index (χ0n) is 14.1. The molecule has 1 aliphatic rings. The Bertz CT molecular complexity index is 1350. The minimum Gasteiger partial charge on any atom is -0.463 e. The fourth-order valence-corrected chi connectivity index (χ4v) is 4.57. The van der Waals surface area contributed by atoms with Gasteiger partial charge in [-0.1, -0.05) is 12.1 Å². The summed E-state index contributed by atoms with van der Waals surface area (Å²) < 4.78 is 6.63. The molecule has 0 atom stereocenters. The Morgan fingerprint density at radius 3 is 2.71 bits per heavy atom. The van der Waals surface area contributed by atoms with E-state index in [1.165, 1.54) is 12.3 Å². The number of thiazole rings is 1. The van der Waals surface area contributed by atoms with E-state index in [0.717, 1.165) is 32.5 Å². The van der Waals surface area contributed by atoms with Gasteiger partial charge in [-0.15, -0.1) is 11.3 Å². The van der Waals surface area contributed by atoms with Gasteiger partial charge in [0.1, 0.15) is 16.9 Å². The van der Waals surface area contributed by atoms with E-state index < -0.39 is 11.1 Å². The summed E-state index contributed by atoms with van der Waals surface area (Å²) in [4.78, 5) is 40.7. The van der Waals surface area contributed by atoms with Gasteiger partial charge < -0.3 is 4.42 Å². The van der Waals surface area contributed by atoms with Gasteiger partial charge in [0.05, 0.1) is 26.1 Å². The Morgan fingerprint density at radius 2 is 1.93 bits per heavy atom. The third-order valence-electron chi connectivity index (χ3n) is 4.27. The van der Waals surface area contributed by atoms with Crippen molar-refractivity contribution in [2.24, 2.45) is 0 Å². The van der Waals surface area contributed by atoms with Crippen LogP contribution in [0.5, 0.6) is 0 Å². The number of fused-ring (bicyclic) bond motifs is 2. The zero-order valence-corrected chi connectivity index (χ0v) is 15.7. The number of para-hydroxylation sites is 1. The van der Waals surface area contributed by atoms with Crippen LogP contribution in [0.1, 0.15) is 5.56 Å². The summed E-state index contributed by atoms with van der Waals surface area (Å²) in [5, 5.41) is 2.90. The lowest BCUT2D eigenvalue weighted by Gasteiger charge is -2.02. The number of benzene rings is 2. The van der Waals surface area contributed by atoms with Crippen LogP contribution in [0, 0.1) is 0 Å². The van der Waals surface area contributed by atoms with Gasteiger partial charge in [0.25, 0.3) is 11.1 Å². The molecule has 5 rings (SSSR count). The van der Waals surface area contributed by atoms with Crippen LogP contribution in [-0.2, 0) is 4.79 Å². The Balaban J connectivity index is 1.63. The van der Waals surface area contributed by atoms with Crippen LogP contribution in [0.15, 0.2) is 62.8 Å². The molecule has 2 aromatic carbocycles. The number of nitrogens with zero attached hydrogens (tertiary/aromatic N) is 1. The number of hydrogen-bond donors (Lipinski definition) is 1. The highest BCUT2D eigenvalue weighted by atomic mass is 32.2. The molecule has 2 amide bonds. The minimum absolute atomic E-state index is 0.166. The lowest BCUT2D eigenvalue weighted by Crippen LogP contribution is -2.18. The Labute approximate surface area is 165 Å². The number of carbonyl (C=O) groups is 2. The van der Waals surface area contributed by atoms with Crippen molar-refractivity contribution < 1.29 is 14.0 Å². The maximum Gasteiger partial charge on any atom is 0.290 e. The molecular formula is C20H10N2O4S2. The van der Waals surface area contributed by atoms with E-state index in [1.807, 2.05) is 30.3 Å². The molecule has 1 N–H and O–H groups in total. The first-order valence-corrected chi connectivity index (χ1v) is 9.88. The molecule has 0 saturated carbocycles. The maximum atomic E-state index is 12.9. The van der Waals surface area contributed by atoms with E-state index in [2.05, 4.69) is 10.3 Å². The second-order valence-corrected chi connectivity index (χ2v) is 8.12. The third kappa shape index (κ3) is 2.83. The van der Waals surface area contributed by atoms with Crippen molar-refractivity contribution in [2.45, 2.75) is 0 Å². The standard InChI is InChI=1S/C20H10N2O4S2/c23-17-11(8-16-18(24)22-20(25)28-16)9-26-14-6-5-10(7-12(14)17)19-21-13-3-1-2-4-15(13)27-19/h1-9H,(H,22,24,25). The van der Waals surface area contributed by atoms with Crippen LogP contribution in [-0.4, -0.2) is 16.1 Å². The van der Waals surface area contributed by atoms with Crippen LogP contribution in [0.4, 0.5) is 4.79 Å². The van der Waals surface area contributed by atoms with Crippen molar-refractivity contribution in [2.75, 3.05) is 0 Å².